The summed E-state index contributed by atoms with van der Waals surface area (Å²) in [5.74, 6) is 0. The first kappa shape index (κ1) is 15.5. The molecule has 2 aromatic rings. The van der Waals surface area contributed by atoms with Crippen LogP contribution in [0.2, 0.25) is 0 Å². The summed E-state index contributed by atoms with van der Waals surface area (Å²) in [6.45, 7) is 2.53. The summed E-state index contributed by atoms with van der Waals surface area (Å²) in [6.07, 6.45) is 2.05. The van der Waals surface area contributed by atoms with Crippen LogP contribution in [0.15, 0.2) is 53.4 Å². The number of benzene rings is 2. The molecule has 0 aromatic heterocycles. The van der Waals surface area contributed by atoms with Crippen LogP contribution in [0.1, 0.15) is 24.1 Å². The van der Waals surface area contributed by atoms with E-state index in [0.717, 1.165) is 0 Å². The Morgan fingerprint density at radius 2 is 1.86 bits per heavy atom. The Balaban J connectivity index is 2.03. The standard InChI is InChI=1S/C16H18N2O2S/c1-12(13-7-9-15(21-2)10-8-13)17-11-14-5-3-4-6-16(14)18(19)20/h3-10,12,17H,11H2,1-2H3. The number of nitrogens with zero attached hydrogens (tertiary/aromatic N) is 1. The van der Waals surface area contributed by atoms with Crippen LogP contribution in [0, 0.1) is 10.1 Å². The van der Waals surface area contributed by atoms with E-state index in [9.17, 15) is 10.1 Å². The summed E-state index contributed by atoms with van der Waals surface area (Å²) in [5, 5.41) is 14.3. The summed E-state index contributed by atoms with van der Waals surface area (Å²) in [5.41, 5.74) is 2.04. The van der Waals surface area contributed by atoms with Gasteiger partial charge in [-0.25, -0.2) is 0 Å². The Morgan fingerprint density at radius 3 is 2.48 bits per heavy atom. The molecule has 0 saturated carbocycles. The third-order valence-corrected chi connectivity index (χ3v) is 4.15. The Morgan fingerprint density at radius 1 is 1.19 bits per heavy atom. The molecule has 0 aliphatic carbocycles. The van der Waals surface area contributed by atoms with Crippen molar-refractivity contribution < 1.29 is 4.92 Å². The molecule has 1 N–H and O–H groups in total. The molecule has 21 heavy (non-hydrogen) atoms. The van der Waals surface area contributed by atoms with Crippen LogP contribution in [0.3, 0.4) is 0 Å². The van der Waals surface area contributed by atoms with Crippen molar-refractivity contribution in [2.24, 2.45) is 0 Å². The van der Waals surface area contributed by atoms with Crippen LogP contribution in [0.4, 0.5) is 5.69 Å². The average molecular weight is 302 g/mol. The van der Waals surface area contributed by atoms with E-state index < -0.39 is 0 Å². The molecule has 110 valence electrons. The SMILES string of the molecule is CSc1ccc(C(C)NCc2ccccc2[N+](=O)[O-])cc1. The second-order valence-electron chi connectivity index (χ2n) is 4.76. The van der Waals surface area contributed by atoms with Gasteiger partial charge in [0.05, 0.1) is 4.92 Å². The summed E-state index contributed by atoms with van der Waals surface area (Å²) in [4.78, 5) is 11.9. The fourth-order valence-electron chi connectivity index (χ4n) is 2.11. The zero-order chi connectivity index (χ0) is 15.2. The number of hydrogen-bond donors (Lipinski definition) is 1. The molecule has 0 radical (unpaired) electrons. The van der Waals surface area contributed by atoms with E-state index in [-0.39, 0.29) is 16.7 Å². The zero-order valence-corrected chi connectivity index (χ0v) is 12.9. The average Bonchev–Trinajstić information content (AvgIpc) is 2.52. The minimum absolute atomic E-state index is 0.140. The van der Waals surface area contributed by atoms with Gasteiger partial charge < -0.3 is 5.32 Å². The smallest absolute Gasteiger partial charge is 0.273 e. The van der Waals surface area contributed by atoms with Crippen LogP contribution in [0.5, 0.6) is 0 Å². The largest absolute Gasteiger partial charge is 0.306 e. The predicted molar refractivity (Wildman–Crippen MR) is 86.6 cm³/mol. The zero-order valence-electron chi connectivity index (χ0n) is 12.1. The molecule has 4 nitrogen and oxygen atoms in total. The lowest BCUT2D eigenvalue weighted by Gasteiger charge is -2.14. The van der Waals surface area contributed by atoms with Crippen LogP contribution >= 0.6 is 11.8 Å². The Bertz CT molecular complexity index is 614. The van der Waals surface area contributed by atoms with Gasteiger partial charge in [-0.05, 0) is 30.9 Å². The number of nitro benzene ring substituents is 1. The number of rotatable bonds is 6. The maximum atomic E-state index is 11.0. The lowest BCUT2D eigenvalue weighted by Crippen LogP contribution is -2.18. The maximum absolute atomic E-state index is 11.0. The van der Waals surface area contributed by atoms with E-state index >= 15 is 0 Å². The number of thioether (sulfide) groups is 1. The van der Waals surface area contributed by atoms with Crippen LogP contribution in [-0.4, -0.2) is 11.2 Å². The molecule has 0 saturated heterocycles. The van der Waals surface area contributed by atoms with E-state index in [1.54, 1.807) is 23.9 Å². The molecular weight excluding hydrogens is 284 g/mol. The Kier molecular flexibility index (Phi) is 5.36. The van der Waals surface area contributed by atoms with E-state index in [1.807, 2.05) is 12.3 Å². The van der Waals surface area contributed by atoms with Crippen molar-refractivity contribution in [2.75, 3.05) is 6.26 Å². The third kappa shape index (κ3) is 4.06. The van der Waals surface area contributed by atoms with Crippen LogP contribution in [0.25, 0.3) is 0 Å². The quantitative estimate of drug-likeness (QED) is 0.494. The van der Waals surface area contributed by atoms with Crippen molar-refractivity contribution in [1.82, 2.24) is 5.32 Å². The second-order valence-corrected chi connectivity index (χ2v) is 5.64. The summed E-state index contributed by atoms with van der Waals surface area (Å²) >= 11 is 1.71. The molecule has 1 atom stereocenters. The topological polar surface area (TPSA) is 55.2 Å². The van der Waals surface area contributed by atoms with Crippen molar-refractivity contribution in [1.29, 1.82) is 0 Å². The molecule has 0 aliphatic heterocycles. The van der Waals surface area contributed by atoms with Crippen molar-refractivity contribution in [3.05, 3.63) is 69.8 Å². The molecule has 5 heteroatoms. The first-order valence-electron chi connectivity index (χ1n) is 6.71. The number of nitrogens with one attached hydrogen (secondary N) is 1. The predicted octanol–water partition coefficient (Wildman–Crippen LogP) is 4.17. The number of hydrogen-bond acceptors (Lipinski definition) is 4. The minimum atomic E-state index is -0.338. The van der Waals surface area contributed by atoms with Gasteiger partial charge in [0.2, 0.25) is 0 Å². The highest BCUT2D eigenvalue weighted by atomic mass is 32.2. The van der Waals surface area contributed by atoms with Gasteiger partial charge in [0.1, 0.15) is 0 Å². The van der Waals surface area contributed by atoms with Gasteiger partial charge in [-0.3, -0.25) is 10.1 Å². The highest BCUT2D eigenvalue weighted by molar-refractivity contribution is 7.98. The molecule has 0 amide bonds. The van der Waals surface area contributed by atoms with Crippen molar-refractivity contribution in [3.8, 4) is 0 Å². The molecule has 0 spiro atoms. The lowest BCUT2D eigenvalue weighted by molar-refractivity contribution is -0.385. The molecule has 0 fully saturated rings. The highest BCUT2D eigenvalue weighted by Gasteiger charge is 2.13. The van der Waals surface area contributed by atoms with Gasteiger partial charge >= 0.3 is 0 Å². The summed E-state index contributed by atoms with van der Waals surface area (Å²) in [7, 11) is 0. The normalized spacial score (nSPS) is 12.1. The van der Waals surface area contributed by atoms with Crippen molar-refractivity contribution in [2.45, 2.75) is 24.4 Å². The van der Waals surface area contributed by atoms with Gasteiger partial charge in [0.15, 0.2) is 0 Å². The monoisotopic (exact) mass is 302 g/mol. The molecular formula is C16H18N2O2S. The number of para-hydroxylation sites is 1. The van der Waals surface area contributed by atoms with E-state index in [2.05, 4.69) is 36.5 Å². The van der Waals surface area contributed by atoms with E-state index in [0.29, 0.717) is 12.1 Å². The molecule has 1 unspecified atom stereocenters. The summed E-state index contributed by atoms with van der Waals surface area (Å²) < 4.78 is 0. The van der Waals surface area contributed by atoms with Crippen molar-refractivity contribution in [3.63, 3.8) is 0 Å². The Labute approximate surface area is 128 Å². The first-order valence-corrected chi connectivity index (χ1v) is 7.94. The molecule has 0 heterocycles. The fourth-order valence-corrected chi connectivity index (χ4v) is 2.52. The lowest BCUT2D eigenvalue weighted by atomic mass is 10.1. The fraction of sp³-hybridized carbons (Fsp3) is 0.250. The molecule has 0 aliphatic rings. The number of nitro groups is 1. The minimum Gasteiger partial charge on any atom is -0.306 e. The first-order chi connectivity index (χ1) is 10.1. The highest BCUT2D eigenvalue weighted by Crippen LogP contribution is 2.21. The van der Waals surface area contributed by atoms with Gasteiger partial charge in [0, 0.05) is 29.1 Å². The third-order valence-electron chi connectivity index (χ3n) is 3.40. The van der Waals surface area contributed by atoms with Crippen molar-refractivity contribution >= 4 is 17.4 Å². The molecule has 0 bridgehead atoms. The van der Waals surface area contributed by atoms with Gasteiger partial charge in [-0.15, -0.1) is 11.8 Å². The van der Waals surface area contributed by atoms with E-state index in [1.165, 1.54) is 16.5 Å². The van der Waals surface area contributed by atoms with Crippen LogP contribution < -0.4 is 5.32 Å². The summed E-state index contributed by atoms with van der Waals surface area (Å²) in [6, 6.07) is 15.3. The Hall–Kier alpha value is -1.85. The second kappa shape index (κ2) is 7.24. The van der Waals surface area contributed by atoms with Gasteiger partial charge in [0.25, 0.3) is 5.69 Å². The van der Waals surface area contributed by atoms with Crippen LogP contribution in [-0.2, 0) is 6.54 Å². The van der Waals surface area contributed by atoms with Gasteiger partial charge in [-0.2, -0.15) is 0 Å². The molecule has 2 rings (SSSR count). The van der Waals surface area contributed by atoms with Gasteiger partial charge in [-0.1, -0.05) is 30.3 Å². The maximum Gasteiger partial charge on any atom is 0.273 e. The van der Waals surface area contributed by atoms with E-state index in [4.69, 9.17) is 0 Å². The molecule has 2 aromatic carbocycles.